The first kappa shape index (κ1) is 6.40. The molecule has 0 aromatic rings. The summed E-state index contributed by atoms with van der Waals surface area (Å²) in [6.07, 6.45) is 0.847. The van der Waals surface area contributed by atoms with Gasteiger partial charge in [-0.3, -0.25) is 0 Å². The average Bonchev–Trinajstić information content (AvgIpc) is 1.35. The third-order valence-corrected chi connectivity index (χ3v) is 0.900. The van der Waals surface area contributed by atoms with E-state index in [1.165, 1.54) is 0 Å². The second kappa shape index (κ2) is 3.59. The third-order valence-electron chi connectivity index (χ3n) is 0.442. The summed E-state index contributed by atoms with van der Waals surface area (Å²) in [6.45, 7) is 0.659. The van der Waals surface area contributed by atoms with E-state index >= 15 is 0 Å². The predicted molar refractivity (Wildman–Crippen MR) is 30.6 cm³/mol. The normalized spacial score (nSPS) is 14.5. The van der Waals surface area contributed by atoms with Gasteiger partial charge in [0, 0.05) is 0 Å². The second-order valence-corrected chi connectivity index (χ2v) is 2.27. The molecule has 0 aromatic heterocycles. The molecule has 1 atom stereocenters. The van der Waals surface area contributed by atoms with Crippen LogP contribution >= 0.6 is 15.9 Å². The molecule has 3 heteroatoms. The van der Waals surface area contributed by atoms with Crippen molar-refractivity contribution in [2.24, 2.45) is 11.5 Å². The molecule has 0 aliphatic rings. The maximum Gasteiger partial charge on any atom is 0.0617 e. The van der Waals surface area contributed by atoms with Gasteiger partial charge < -0.3 is 11.5 Å². The Kier molecular flexibility index (Phi) is 3.82. The highest BCUT2D eigenvalue weighted by Crippen LogP contribution is 1.91. The van der Waals surface area contributed by atoms with E-state index in [1.807, 2.05) is 0 Å². The molecule has 0 spiro atoms. The van der Waals surface area contributed by atoms with E-state index in [1.54, 1.807) is 0 Å². The molecule has 0 amide bonds. The second-order valence-electron chi connectivity index (χ2n) is 1.09. The lowest BCUT2D eigenvalue weighted by Crippen LogP contribution is -2.15. The minimum absolute atomic E-state index is 0.0856. The van der Waals surface area contributed by atoms with Crippen molar-refractivity contribution in [3.05, 3.63) is 0 Å². The molecule has 0 aliphatic carbocycles. The Labute approximate surface area is 46.0 Å². The molecule has 0 rings (SSSR count). The van der Waals surface area contributed by atoms with Gasteiger partial charge in [0.05, 0.1) is 4.95 Å². The number of hydrogen-bond donors (Lipinski definition) is 2. The number of rotatable bonds is 2. The third kappa shape index (κ3) is 4.40. The van der Waals surface area contributed by atoms with E-state index in [2.05, 4.69) is 15.9 Å². The molecule has 0 saturated heterocycles. The topological polar surface area (TPSA) is 52.0 Å². The van der Waals surface area contributed by atoms with Crippen molar-refractivity contribution in [3.63, 3.8) is 0 Å². The number of alkyl halides is 1. The van der Waals surface area contributed by atoms with Gasteiger partial charge in [0.25, 0.3) is 0 Å². The molecule has 0 saturated carbocycles. The van der Waals surface area contributed by atoms with Crippen molar-refractivity contribution in [2.75, 3.05) is 6.54 Å². The quantitative estimate of drug-likeness (QED) is 0.433. The Morgan fingerprint density at radius 2 is 2.17 bits per heavy atom. The SMILES string of the molecule is NCCC(N)Br. The van der Waals surface area contributed by atoms with Gasteiger partial charge in [0.1, 0.15) is 0 Å². The van der Waals surface area contributed by atoms with Crippen molar-refractivity contribution < 1.29 is 0 Å². The van der Waals surface area contributed by atoms with E-state index in [0.717, 1.165) is 6.42 Å². The molecule has 0 heterocycles. The Morgan fingerprint density at radius 1 is 1.67 bits per heavy atom. The van der Waals surface area contributed by atoms with Crippen molar-refractivity contribution in [1.82, 2.24) is 0 Å². The first-order valence-corrected chi connectivity index (χ1v) is 2.78. The van der Waals surface area contributed by atoms with Crippen LogP contribution < -0.4 is 11.5 Å². The summed E-state index contributed by atoms with van der Waals surface area (Å²) in [6, 6.07) is 0. The molecule has 4 N–H and O–H groups in total. The molecular weight excluding hydrogens is 144 g/mol. The molecule has 0 fully saturated rings. The molecular formula is C3H9BrN2. The van der Waals surface area contributed by atoms with Gasteiger partial charge in [0.15, 0.2) is 0 Å². The monoisotopic (exact) mass is 152 g/mol. The Hall–Kier alpha value is 0.400. The largest absolute Gasteiger partial charge is 0.330 e. The van der Waals surface area contributed by atoms with E-state index in [4.69, 9.17) is 11.5 Å². The lowest BCUT2D eigenvalue weighted by Gasteiger charge is -1.94. The lowest BCUT2D eigenvalue weighted by molar-refractivity contribution is 0.809. The zero-order valence-electron chi connectivity index (χ0n) is 3.52. The zero-order chi connectivity index (χ0) is 4.99. The fourth-order valence-electron chi connectivity index (χ4n) is 0.159. The molecule has 0 bridgehead atoms. The van der Waals surface area contributed by atoms with E-state index in [-0.39, 0.29) is 4.95 Å². The first-order chi connectivity index (χ1) is 2.77. The summed E-state index contributed by atoms with van der Waals surface area (Å²) in [5.74, 6) is 0. The molecule has 0 aromatic carbocycles. The predicted octanol–water partition coefficient (Wildman–Crippen LogP) is 0.0149. The van der Waals surface area contributed by atoms with Crippen molar-refractivity contribution >= 4 is 15.9 Å². The van der Waals surface area contributed by atoms with Crippen LogP contribution in [0.15, 0.2) is 0 Å². The summed E-state index contributed by atoms with van der Waals surface area (Å²) in [5.41, 5.74) is 10.4. The summed E-state index contributed by atoms with van der Waals surface area (Å²) in [5, 5.41) is 0. The summed E-state index contributed by atoms with van der Waals surface area (Å²) >= 11 is 3.13. The van der Waals surface area contributed by atoms with Gasteiger partial charge in [-0.05, 0) is 13.0 Å². The maximum absolute atomic E-state index is 5.24. The Balaban J connectivity index is 2.63. The van der Waals surface area contributed by atoms with E-state index < -0.39 is 0 Å². The van der Waals surface area contributed by atoms with Gasteiger partial charge in [-0.25, -0.2) is 0 Å². The summed E-state index contributed by atoms with van der Waals surface area (Å²) < 4.78 is 0. The van der Waals surface area contributed by atoms with Crippen LogP contribution in [0.25, 0.3) is 0 Å². The van der Waals surface area contributed by atoms with Crippen LogP contribution in [-0.4, -0.2) is 11.5 Å². The number of halogens is 1. The molecule has 38 valence electrons. The average molecular weight is 153 g/mol. The lowest BCUT2D eigenvalue weighted by atomic mass is 10.4. The van der Waals surface area contributed by atoms with Crippen molar-refractivity contribution in [3.8, 4) is 0 Å². The number of hydrogen-bond acceptors (Lipinski definition) is 2. The molecule has 0 aliphatic heterocycles. The van der Waals surface area contributed by atoms with Crippen LogP contribution in [0.2, 0.25) is 0 Å². The van der Waals surface area contributed by atoms with E-state index in [9.17, 15) is 0 Å². The standard InChI is InChI=1S/C3H9BrN2/c4-3(6)1-2-5/h3H,1-2,5-6H2. The minimum Gasteiger partial charge on any atom is -0.330 e. The van der Waals surface area contributed by atoms with Crippen LogP contribution in [-0.2, 0) is 0 Å². The summed E-state index contributed by atoms with van der Waals surface area (Å²) in [7, 11) is 0. The highest BCUT2D eigenvalue weighted by Gasteiger charge is 1.88. The highest BCUT2D eigenvalue weighted by molar-refractivity contribution is 9.09. The number of nitrogens with two attached hydrogens (primary N) is 2. The molecule has 0 radical (unpaired) electrons. The maximum atomic E-state index is 5.24. The molecule has 6 heavy (non-hydrogen) atoms. The fourth-order valence-corrected chi connectivity index (χ4v) is 0.424. The van der Waals surface area contributed by atoms with Crippen LogP contribution in [0.4, 0.5) is 0 Å². The van der Waals surface area contributed by atoms with E-state index in [0.29, 0.717) is 6.54 Å². The Bertz CT molecular complexity index is 30.0. The van der Waals surface area contributed by atoms with Gasteiger partial charge in [-0.2, -0.15) is 0 Å². The van der Waals surface area contributed by atoms with Crippen LogP contribution in [0.1, 0.15) is 6.42 Å². The van der Waals surface area contributed by atoms with Crippen LogP contribution in [0, 0.1) is 0 Å². The highest BCUT2D eigenvalue weighted by atomic mass is 79.9. The fraction of sp³-hybridized carbons (Fsp3) is 1.00. The van der Waals surface area contributed by atoms with Gasteiger partial charge in [-0.15, -0.1) is 0 Å². The minimum atomic E-state index is 0.0856. The van der Waals surface area contributed by atoms with Gasteiger partial charge >= 0.3 is 0 Å². The van der Waals surface area contributed by atoms with Crippen LogP contribution in [0.5, 0.6) is 0 Å². The summed E-state index contributed by atoms with van der Waals surface area (Å²) in [4.78, 5) is 0.0856. The van der Waals surface area contributed by atoms with Gasteiger partial charge in [-0.1, -0.05) is 15.9 Å². The molecule has 1 unspecified atom stereocenters. The van der Waals surface area contributed by atoms with Crippen LogP contribution in [0.3, 0.4) is 0 Å². The first-order valence-electron chi connectivity index (χ1n) is 1.87. The van der Waals surface area contributed by atoms with Crippen molar-refractivity contribution in [2.45, 2.75) is 11.4 Å². The van der Waals surface area contributed by atoms with Gasteiger partial charge in [0.2, 0.25) is 0 Å². The zero-order valence-corrected chi connectivity index (χ0v) is 5.11. The smallest absolute Gasteiger partial charge is 0.0617 e. The van der Waals surface area contributed by atoms with Crippen molar-refractivity contribution in [1.29, 1.82) is 0 Å². The molecule has 2 nitrogen and oxygen atoms in total. The Morgan fingerprint density at radius 3 is 2.17 bits per heavy atom.